The van der Waals surface area contributed by atoms with Crippen LogP contribution in [0.3, 0.4) is 0 Å². The largest absolute Gasteiger partial charge is 0.377 e. The van der Waals surface area contributed by atoms with E-state index in [2.05, 4.69) is 54.8 Å². The topological polar surface area (TPSA) is 396 Å². The number of aliphatic hydroxyl groups excluding tert-OH is 4. The number of carbonyl (C=O) groups is 6. The van der Waals surface area contributed by atoms with E-state index in [9.17, 15) is 49.2 Å². The van der Waals surface area contributed by atoms with Crippen molar-refractivity contribution in [2.75, 3.05) is 26.2 Å². The monoisotopic (exact) mass is 1130 g/mol. The SMILES string of the molecule is CCCCCCCCCCCCNC(=O)C[C@H](NC(=O)[C@H](N[C@@H](O)[C@H](N[C@H](O)[C@H](N[C@@H](O)[C@@H](N[C@H](O)[C@H](CCCCN)NC(=O)[C@H](CCCCN)NC(=O)[C@H](CCCCN)NC(C)=O)C(C)C)C(C)C)C(C)C)C(C)C)C(N)=O. The highest BCUT2D eigenvalue weighted by Gasteiger charge is 2.38. The molecule has 0 unspecified atom stereocenters. The molecule has 464 valence electrons. The van der Waals surface area contributed by atoms with Gasteiger partial charge in [0.2, 0.25) is 35.4 Å². The van der Waals surface area contributed by atoms with Gasteiger partial charge in [0.15, 0.2) is 0 Å². The molecule has 79 heavy (non-hydrogen) atoms. The van der Waals surface area contributed by atoms with Crippen molar-refractivity contribution in [3.63, 3.8) is 0 Å². The predicted octanol–water partition coefficient (Wildman–Crippen LogP) is 0.975. The second-order valence-corrected chi connectivity index (χ2v) is 23.0. The van der Waals surface area contributed by atoms with Gasteiger partial charge in [0, 0.05) is 13.5 Å². The third kappa shape index (κ3) is 33.2. The Balaban J connectivity index is 6.11. The Morgan fingerprint density at radius 2 is 0.823 bits per heavy atom. The summed E-state index contributed by atoms with van der Waals surface area (Å²) in [6.45, 7) is 19.6. The van der Waals surface area contributed by atoms with Crippen LogP contribution in [0.15, 0.2) is 0 Å². The quantitative estimate of drug-likeness (QED) is 0.0298. The van der Waals surface area contributed by atoms with Crippen molar-refractivity contribution in [3.8, 4) is 0 Å². The average molecular weight is 1130 g/mol. The van der Waals surface area contributed by atoms with Crippen LogP contribution in [0.2, 0.25) is 0 Å². The Morgan fingerprint density at radius 1 is 0.430 bits per heavy atom. The van der Waals surface area contributed by atoms with Crippen LogP contribution in [-0.4, -0.2) is 155 Å². The summed E-state index contributed by atoms with van der Waals surface area (Å²) < 4.78 is 0. The second-order valence-electron chi connectivity index (χ2n) is 23.0. The van der Waals surface area contributed by atoms with Crippen molar-refractivity contribution in [3.05, 3.63) is 0 Å². The first kappa shape index (κ1) is 75.4. The fourth-order valence-corrected chi connectivity index (χ4v) is 9.44. The van der Waals surface area contributed by atoms with Gasteiger partial charge in [-0.15, -0.1) is 0 Å². The Labute approximate surface area is 474 Å². The van der Waals surface area contributed by atoms with Gasteiger partial charge in [0.1, 0.15) is 43.0 Å². The Morgan fingerprint density at radius 3 is 1.24 bits per heavy atom. The molecule has 0 aromatic carbocycles. The van der Waals surface area contributed by atoms with Crippen LogP contribution in [0, 0.1) is 23.7 Å². The summed E-state index contributed by atoms with van der Waals surface area (Å²) in [5.74, 6) is -4.82. The summed E-state index contributed by atoms with van der Waals surface area (Å²) in [7, 11) is 0. The van der Waals surface area contributed by atoms with Gasteiger partial charge < -0.3 is 69.9 Å². The summed E-state index contributed by atoms with van der Waals surface area (Å²) in [4.78, 5) is 78.8. The van der Waals surface area contributed by atoms with Crippen LogP contribution in [0.1, 0.15) is 198 Å². The van der Waals surface area contributed by atoms with E-state index in [-0.39, 0.29) is 37.0 Å². The molecule has 23 nitrogen and oxygen atoms in total. The van der Waals surface area contributed by atoms with Gasteiger partial charge >= 0.3 is 0 Å². The first-order valence-corrected chi connectivity index (χ1v) is 30.0. The maximum absolute atomic E-state index is 14.1. The molecule has 0 fully saturated rings. The van der Waals surface area contributed by atoms with Gasteiger partial charge in [-0.2, -0.15) is 0 Å². The maximum Gasteiger partial charge on any atom is 0.243 e. The molecule has 0 aliphatic carbocycles. The fourth-order valence-electron chi connectivity index (χ4n) is 9.44. The number of nitrogens with two attached hydrogens (primary N) is 4. The lowest BCUT2D eigenvalue weighted by atomic mass is 9.95. The van der Waals surface area contributed by atoms with Crippen LogP contribution in [-0.2, 0) is 28.8 Å². The first-order chi connectivity index (χ1) is 37.4. The van der Waals surface area contributed by atoms with E-state index in [1.54, 1.807) is 13.8 Å². The smallest absolute Gasteiger partial charge is 0.243 e. The predicted molar refractivity (Wildman–Crippen MR) is 312 cm³/mol. The Kier molecular flexibility index (Phi) is 42.0. The minimum Gasteiger partial charge on any atom is -0.377 e. The molecule has 21 N–H and O–H groups in total. The van der Waals surface area contributed by atoms with E-state index in [4.69, 9.17) is 22.9 Å². The highest BCUT2D eigenvalue weighted by atomic mass is 16.3. The summed E-state index contributed by atoms with van der Waals surface area (Å²) >= 11 is 0. The van der Waals surface area contributed by atoms with Crippen molar-refractivity contribution in [1.29, 1.82) is 0 Å². The number of aliphatic hydroxyl groups is 4. The molecule has 12 atom stereocenters. The van der Waals surface area contributed by atoms with Crippen LogP contribution >= 0.6 is 0 Å². The molecule has 0 rings (SSSR count). The zero-order valence-corrected chi connectivity index (χ0v) is 50.3. The molecule has 0 radical (unpaired) electrons. The van der Waals surface area contributed by atoms with Crippen LogP contribution in [0.5, 0.6) is 0 Å². The number of carbonyl (C=O) groups excluding carboxylic acids is 6. The number of hydrogen-bond acceptors (Lipinski definition) is 17. The van der Waals surface area contributed by atoms with Gasteiger partial charge in [-0.1, -0.05) is 127 Å². The van der Waals surface area contributed by atoms with Crippen molar-refractivity contribution < 1.29 is 49.2 Å². The van der Waals surface area contributed by atoms with Crippen molar-refractivity contribution in [1.82, 2.24) is 47.9 Å². The minimum absolute atomic E-state index is 0.240. The van der Waals surface area contributed by atoms with Gasteiger partial charge in [0.25, 0.3) is 0 Å². The van der Waals surface area contributed by atoms with Gasteiger partial charge in [-0.05, 0) is 101 Å². The number of hydrogen-bond donors (Lipinski definition) is 17. The van der Waals surface area contributed by atoms with Crippen LogP contribution < -0.4 is 70.8 Å². The van der Waals surface area contributed by atoms with Crippen molar-refractivity contribution in [2.45, 2.75) is 271 Å². The molecular weight excluding hydrogens is 1010 g/mol. The molecule has 23 heteroatoms. The number of nitrogens with one attached hydrogen (secondary N) is 9. The third-order valence-corrected chi connectivity index (χ3v) is 14.4. The third-order valence-electron chi connectivity index (χ3n) is 14.4. The summed E-state index contributed by atoms with van der Waals surface area (Å²) in [6, 6.07) is -7.76. The fraction of sp³-hybridized carbons (Fsp3) is 0.893. The number of amides is 6. The first-order valence-electron chi connectivity index (χ1n) is 30.0. The summed E-state index contributed by atoms with van der Waals surface area (Å²) in [5, 5.41) is 73.3. The number of unbranched alkanes of at least 4 members (excludes halogenated alkanes) is 12. The molecule has 0 spiro atoms. The lowest BCUT2D eigenvalue weighted by Crippen LogP contribution is -2.66. The maximum atomic E-state index is 14.1. The minimum atomic E-state index is -1.43. The van der Waals surface area contributed by atoms with E-state index in [0.29, 0.717) is 71.1 Å². The van der Waals surface area contributed by atoms with Crippen molar-refractivity contribution in [2.24, 2.45) is 46.6 Å². The van der Waals surface area contributed by atoms with Crippen LogP contribution in [0.4, 0.5) is 0 Å². The molecule has 0 heterocycles. The zero-order valence-electron chi connectivity index (χ0n) is 50.3. The lowest BCUT2D eigenvalue weighted by Gasteiger charge is -2.39. The molecule has 0 aromatic heterocycles. The van der Waals surface area contributed by atoms with E-state index in [1.165, 1.54) is 45.4 Å². The second kappa shape index (κ2) is 44.0. The van der Waals surface area contributed by atoms with E-state index in [0.717, 1.165) is 25.7 Å². The van der Waals surface area contributed by atoms with Crippen LogP contribution in [0.25, 0.3) is 0 Å². The van der Waals surface area contributed by atoms with Gasteiger partial charge in [0.05, 0.1) is 36.6 Å². The van der Waals surface area contributed by atoms with E-state index >= 15 is 0 Å². The molecule has 0 saturated carbocycles. The number of primary amides is 1. The highest BCUT2D eigenvalue weighted by molar-refractivity contribution is 5.93. The zero-order chi connectivity index (χ0) is 60.0. The van der Waals surface area contributed by atoms with Crippen molar-refractivity contribution >= 4 is 35.4 Å². The normalized spacial score (nSPS) is 16.5. The molecule has 0 saturated heterocycles. The molecule has 0 aromatic rings. The molecule has 0 aliphatic rings. The summed E-state index contributed by atoms with van der Waals surface area (Å²) in [5.41, 5.74) is 22.9. The molecular formula is C56H115N13O10. The molecule has 0 bridgehead atoms. The van der Waals surface area contributed by atoms with E-state index in [1.807, 2.05) is 41.5 Å². The Hall–Kier alpha value is -3.62. The van der Waals surface area contributed by atoms with E-state index < -0.39 is 115 Å². The number of rotatable bonds is 49. The average Bonchev–Trinajstić information content (AvgIpc) is 3.37. The lowest BCUT2D eigenvalue weighted by molar-refractivity contribution is -0.132. The van der Waals surface area contributed by atoms with Gasteiger partial charge in [-0.25, -0.2) is 0 Å². The Bertz CT molecular complexity index is 1670. The molecule has 6 amide bonds. The van der Waals surface area contributed by atoms with Gasteiger partial charge in [-0.3, -0.25) is 50.0 Å². The standard InChI is InChI=1S/C56H115N13O10/c1-11-12-13-14-15-16-17-18-19-26-33-61-44(71)34-43(49(60)72)65-53(76)45(35(2)3)67-55(78)47(37(6)7)69-56(79)48(38(8)9)68-54(77)46(36(4)5)66-52(75)42(29-22-25-32-59)64-51(74)41(28-21-24-31-58)63-50(73)40(62-39(10)70)27-20-23-30-57/h35-38,40-43,45-48,52,54-56,66-69,75,77-79H,11-34,57-59H2,1-10H3,(H2,60,72)(H,61,71)(H,62,70)(H,63,73)(H,64,74)(H,65,76)/t40-,41-,42-,43-,45+,46-,47+,48+,52+,54-,55-,56+/m0/s1. The summed E-state index contributed by atoms with van der Waals surface area (Å²) in [6.07, 6.45) is 9.87. The highest BCUT2D eigenvalue weighted by Crippen LogP contribution is 2.18. The molecule has 0 aliphatic heterocycles.